The topological polar surface area (TPSA) is 86.8 Å². The van der Waals surface area contributed by atoms with Crippen molar-refractivity contribution in [3.05, 3.63) is 63.4 Å². The van der Waals surface area contributed by atoms with Gasteiger partial charge in [-0.3, -0.25) is 34.3 Å². The lowest BCUT2D eigenvalue weighted by Gasteiger charge is -2.27. The molecule has 1 fully saturated rings. The zero-order valence-corrected chi connectivity index (χ0v) is 17.6. The number of hydrogen-bond donors (Lipinski definition) is 1. The molecule has 4 heterocycles. The van der Waals surface area contributed by atoms with E-state index in [4.69, 9.17) is 0 Å². The summed E-state index contributed by atoms with van der Waals surface area (Å²) >= 11 is 1.70. The number of nitrogens with zero attached hydrogens (tertiary/aromatic N) is 2. The summed E-state index contributed by atoms with van der Waals surface area (Å²) in [5.74, 6) is -1.90. The Morgan fingerprint density at radius 3 is 2.58 bits per heavy atom. The van der Waals surface area contributed by atoms with Crippen molar-refractivity contribution in [1.82, 2.24) is 15.1 Å². The van der Waals surface area contributed by atoms with Crippen molar-refractivity contribution in [2.45, 2.75) is 31.8 Å². The molecule has 1 saturated heterocycles. The van der Waals surface area contributed by atoms with E-state index in [9.17, 15) is 19.2 Å². The van der Waals surface area contributed by atoms with Crippen LogP contribution in [0.2, 0.25) is 0 Å². The quantitative estimate of drug-likeness (QED) is 0.746. The molecule has 1 aromatic heterocycles. The molecule has 158 valence electrons. The highest BCUT2D eigenvalue weighted by Gasteiger charge is 2.44. The van der Waals surface area contributed by atoms with Crippen LogP contribution in [0.3, 0.4) is 0 Å². The Balaban J connectivity index is 1.31. The number of hydrogen-bond acceptors (Lipinski definition) is 6. The van der Waals surface area contributed by atoms with Crippen LogP contribution in [-0.4, -0.2) is 52.6 Å². The number of imide groups is 2. The molecule has 7 nitrogen and oxygen atoms in total. The van der Waals surface area contributed by atoms with Crippen LogP contribution in [-0.2, 0) is 16.1 Å². The van der Waals surface area contributed by atoms with Gasteiger partial charge in [0.15, 0.2) is 0 Å². The Labute approximate surface area is 183 Å². The van der Waals surface area contributed by atoms with Gasteiger partial charge in [0, 0.05) is 26.1 Å². The lowest BCUT2D eigenvalue weighted by Crippen LogP contribution is -2.54. The maximum Gasteiger partial charge on any atom is 0.262 e. The number of rotatable bonds is 4. The van der Waals surface area contributed by atoms with E-state index in [2.05, 4.69) is 33.1 Å². The van der Waals surface area contributed by atoms with E-state index in [0.29, 0.717) is 17.7 Å². The second-order valence-electron chi connectivity index (χ2n) is 8.05. The van der Waals surface area contributed by atoms with Gasteiger partial charge in [0.2, 0.25) is 11.8 Å². The fraction of sp³-hybridized carbons (Fsp3) is 0.304. The van der Waals surface area contributed by atoms with Gasteiger partial charge in [-0.05, 0) is 58.5 Å². The number of carbonyl (C=O) groups is 4. The third kappa shape index (κ3) is 3.62. The Bertz CT molecular complexity index is 1120. The van der Waals surface area contributed by atoms with Gasteiger partial charge in [-0.2, -0.15) is 11.3 Å². The smallest absolute Gasteiger partial charge is 0.262 e. The van der Waals surface area contributed by atoms with E-state index in [-0.39, 0.29) is 18.7 Å². The third-order valence-corrected chi connectivity index (χ3v) is 6.78. The summed E-state index contributed by atoms with van der Waals surface area (Å²) < 4.78 is 0. The number of benzene rings is 1. The Kier molecular flexibility index (Phi) is 5.03. The van der Waals surface area contributed by atoms with Crippen LogP contribution in [0.15, 0.2) is 41.1 Å². The van der Waals surface area contributed by atoms with Crippen LogP contribution in [0.4, 0.5) is 0 Å². The average Bonchev–Trinajstić information content (AvgIpc) is 3.37. The maximum atomic E-state index is 13.0. The minimum atomic E-state index is -0.934. The Morgan fingerprint density at radius 2 is 1.87 bits per heavy atom. The third-order valence-electron chi connectivity index (χ3n) is 6.10. The molecule has 0 aliphatic carbocycles. The first-order chi connectivity index (χ1) is 15.0. The van der Waals surface area contributed by atoms with Gasteiger partial charge in [0.05, 0.1) is 11.1 Å². The highest BCUT2D eigenvalue weighted by molar-refractivity contribution is 7.08. The monoisotopic (exact) mass is 435 g/mol. The van der Waals surface area contributed by atoms with E-state index >= 15 is 0 Å². The van der Waals surface area contributed by atoms with E-state index in [1.165, 1.54) is 11.1 Å². The summed E-state index contributed by atoms with van der Waals surface area (Å²) in [6, 6.07) is 6.52. The summed E-state index contributed by atoms with van der Waals surface area (Å²) in [5, 5.41) is 6.47. The predicted molar refractivity (Wildman–Crippen MR) is 115 cm³/mol. The van der Waals surface area contributed by atoms with Crippen molar-refractivity contribution in [2.24, 2.45) is 0 Å². The number of piperidine rings is 1. The van der Waals surface area contributed by atoms with Gasteiger partial charge in [-0.25, -0.2) is 0 Å². The molecular weight excluding hydrogens is 414 g/mol. The molecule has 2 aromatic rings. The maximum absolute atomic E-state index is 13.0. The molecule has 3 aliphatic rings. The fourth-order valence-corrected chi connectivity index (χ4v) is 5.12. The van der Waals surface area contributed by atoms with Crippen molar-refractivity contribution >= 4 is 40.5 Å². The van der Waals surface area contributed by atoms with E-state index in [1.54, 1.807) is 23.5 Å². The van der Waals surface area contributed by atoms with Crippen molar-refractivity contribution in [1.29, 1.82) is 0 Å². The first kappa shape index (κ1) is 19.8. The standard InChI is InChI=1S/C23H21N3O4S/c27-20-4-3-19(21(28)24-20)26-22(29)17-2-1-14(11-18(17)23(26)30)12-25-8-5-15(6-9-25)16-7-10-31-13-16/h1-2,5,7,10-11,13,19H,3-4,6,8-9,12H2,(H,24,27,28). The molecule has 5 rings (SSSR count). The molecule has 31 heavy (non-hydrogen) atoms. The second-order valence-corrected chi connectivity index (χ2v) is 8.83. The fourth-order valence-electron chi connectivity index (χ4n) is 4.44. The van der Waals surface area contributed by atoms with Crippen LogP contribution in [0.1, 0.15) is 51.1 Å². The van der Waals surface area contributed by atoms with Gasteiger partial charge in [-0.1, -0.05) is 12.1 Å². The summed E-state index contributed by atoms with van der Waals surface area (Å²) in [6.45, 7) is 2.44. The van der Waals surface area contributed by atoms with Crippen LogP contribution in [0.25, 0.3) is 5.57 Å². The number of amides is 4. The molecule has 3 aliphatic heterocycles. The second kappa shape index (κ2) is 7.86. The van der Waals surface area contributed by atoms with Crippen molar-refractivity contribution in [3.63, 3.8) is 0 Å². The number of nitrogens with one attached hydrogen (secondary N) is 1. The minimum Gasteiger partial charge on any atom is -0.295 e. The first-order valence-corrected chi connectivity index (χ1v) is 11.2. The zero-order chi connectivity index (χ0) is 21.5. The molecule has 4 amide bonds. The molecule has 1 aromatic carbocycles. The van der Waals surface area contributed by atoms with E-state index in [1.807, 2.05) is 6.07 Å². The molecule has 0 bridgehead atoms. The summed E-state index contributed by atoms with van der Waals surface area (Å²) in [4.78, 5) is 52.7. The molecule has 1 atom stereocenters. The van der Waals surface area contributed by atoms with E-state index < -0.39 is 23.8 Å². The molecule has 8 heteroatoms. The molecule has 0 spiro atoms. The van der Waals surface area contributed by atoms with Gasteiger partial charge in [0.25, 0.3) is 11.8 Å². The molecular formula is C23H21N3O4S. The molecule has 1 unspecified atom stereocenters. The lowest BCUT2D eigenvalue weighted by molar-refractivity contribution is -0.136. The van der Waals surface area contributed by atoms with Gasteiger partial charge >= 0.3 is 0 Å². The van der Waals surface area contributed by atoms with Gasteiger partial charge < -0.3 is 0 Å². The highest BCUT2D eigenvalue weighted by Crippen LogP contribution is 2.29. The summed E-state index contributed by atoms with van der Waals surface area (Å²) in [7, 11) is 0. The van der Waals surface area contributed by atoms with E-state index in [0.717, 1.165) is 30.0 Å². The number of fused-ring (bicyclic) bond motifs is 1. The number of thiophene rings is 1. The molecule has 1 N–H and O–H groups in total. The Hall–Kier alpha value is -3.10. The van der Waals surface area contributed by atoms with Crippen LogP contribution >= 0.6 is 11.3 Å². The van der Waals surface area contributed by atoms with Crippen molar-refractivity contribution < 1.29 is 19.2 Å². The van der Waals surface area contributed by atoms with Crippen LogP contribution in [0.5, 0.6) is 0 Å². The summed E-state index contributed by atoms with van der Waals surface area (Å²) in [5.41, 5.74) is 4.26. The largest absolute Gasteiger partial charge is 0.295 e. The SMILES string of the molecule is O=C1CCC(N2C(=O)c3ccc(CN4CC=C(c5ccsc5)CC4)cc3C2=O)C(=O)N1. The molecule has 0 radical (unpaired) electrons. The first-order valence-electron chi connectivity index (χ1n) is 10.3. The van der Waals surface area contributed by atoms with Crippen LogP contribution in [0, 0.1) is 0 Å². The van der Waals surface area contributed by atoms with Crippen molar-refractivity contribution in [2.75, 3.05) is 13.1 Å². The average molecular weight is 436 g/mol. The zero-order valence-electron chi connectivity index (χ0n) is 16.8. The highest BCUT2D eigenvalue weighted by atomic mass is 32.1. The normalized spacial score (nSPS) is 21.9. The van der Waals surface area contributed by atoms with Gasteiger partial charge in [0.1, 0.15) is 6.04 Å². The molecule has 0 saturated carbocycles. The predicted octanol–water partition coefficient (Wildman–Crippen LogP) is 2.44. The Morgan fingerprint density at radius 1 is 1.03 bits per heavy atom. The van der Waals surface area contributed by atoms with Crippen molar-refractivity contribution in [3.8, 4) is 0 Å². The minimum absolute atomic E-state index is 0.116. The number of carbonyl (C=O) groups excluding carboxylic acids is 4. The summed E-state index contributed by atoms with van der Waals surface area (Å²) in [6.07, 6.45) is 3.50. The van der Waals surface area contributed by atoms with Gasteiger partial charge in [-0.15, -0.1) is 0 Å². The lowest BCUT2D eigenvalue weighted by atomic mass is 10.0. The van der Waals surface area contributed by atoms with Crippen LogP contribution < -0.4 is 5.32 Å².